The molecule has 0 unspecified atom stereocenters. The molecule has 28 heavy (non-hydrogen) atoms. The van der Waals surface area contributed by atoms with Crippen molar-refractivity contribution < 1.29 is 14.3 Å². The molecule has 0 spiro atoms. The second-order valence-corrected chi connectivity index (χ2v) is 7.39. The first-order chi connectivity index (χ1) is 13.5. The van der Waals surface area contributed by atoms with Crippen molar-refractivity contribution in [3.63, 3.8) is 0 Å². The van der Waals surface area contributed by atoms with Crippen molar-refractivity contribution in [2.75, 3.05) is 7.11 Å². The van der Waals surface area contributed by atoms with E-state index in [2.05, 4.69) is 20.6 Å². The highest BCUT2D eigenvalue weighted by molar-refractivity contribution is 7.11. The summed E-state index contributed by atoms with van der Waals surface area (Å²) in [5, 5.41) is 5.58. The van der Waals surface area contributed by atoms with Gasteiger partial charge in [-0.15, -0.1) is 11.3 Å². The van der Waals surface area contributed by atoms with Gasteiger partial charge in [0.05, 0.1) is 13.7 Å². The van der Waals surface area contributed by atoms with Gasteiger partial charge in [-0.3, -0.25) is 9.59 Å². The Morgan fingerprint density at radius 2 is 1.71 bits per heavy atom. The number of benzene rings is 1. The lowest BCUT2D eigenvalue weighted by molar-refractivity contribution is 0.0944. The molecule has 0 fully saturated rings. The molecule has 0 saturated carbocycles. The van der Waals surface area contributed by atoms with Crippen molar-refractivity contribution in [3.05, 3.63) is 75.5 Å². The van der Waals surface area contributed by atoms with E-state index in [-0.39, 0.29) is 23.2 Å². The summed E-state index contributed by atoms with van der Waals surface area (Å²) in [5.74, 6) is -0.0165. The summed E-state index contributed by atoms with van der Waals surface area (Å²) in [5.41, 5.74) is 1.18. The lowest BCUT2D eigenvalue weighted by atomic mass is 10.2. The molecule has 2 N–H and O–H groups in total. The van der Waals surface area contributed by atoms with Gasteiger partial charge in [0.1, 0.15) is 23.5 Å². The van der Waals surface area contributed by atoms with Crippen LogP contribution in [0.2, 0.25) is 0 Å². The van der Waals surface area contributed by atoms with E-state index < -0.39 is 0 Å². The van der Waals surface area contributed by atoms with Gasteiger partial charge in [-0.05, 0) is 36.8 Å². The van der Waals surface area contributed by atoms with Crippen molar-refractivity contribution in [3.8, 4) is 5.75 Å². The maximum Gasteiger partial charge on any atom is 0.270 e. The Kier molecular flexibility index (Phi) is 6.33. The Bertz CT molecular complexity index is 987. The number of hydrogen-bond donors (Lipinski definition) is 2. The van der Waals surface area contributed by atoms with Crippen molar-refractivity contribution in [2.24, 2.45) is 0 Å². The molecule has 0 aliphatic heterocycles. The Labute approximate surface area is 166 Å². The van der Waals surface area contributed by atoms with Crippen LogP contribution in [-0.4, -0.2) is 28.9 Å². The van der Waals surface area contributed by atoms with Crippen molar-refractivity contribution >= 4 is 23.2 Å². The number of methoxy groups -OCH3 is 1. The topological polar surface area (TPSA) is 93.2 Å². The van der Waals surface area contributed by atoms with Crippen LogP contribution in [-0.2, 0) is 13.1 Å². The smallest absolute Gasteiger partial charge is 0.270 e. The molecule has 3 aromatic rings. The standard InChI is InChI=1S/C20H20N4O3S/c1-13-6-7-16(28-13)11-22-20(26)18-9-17(23-12-24-18)19(25)21-10-14-4-3-5-15(8-14)27-2/h3-9,12H,10-11H2,1-2H3,(H,21,25)(H,22,26). The zero-order valence-electron chi connectivity index (χ0n) is 15.6. The number of carbonyl (C=O) groups excluding carboxylic acids is 2. The molecule has 2 aromatic heterocycles. The quantitative estimate of drug-likeness (QED) is 0.641. The number of hydrogen-bond acceptors (Lipinski definition) is 6. The summed E-state index contributed by atoms with van der Waals surface area (Å²) in [6.45, 7) is 2.74. The van der Waals surface area contributed by atoms with E-state index >= 15 is 0 Å². The Balaban J connectivity index is 1.59. The number of nitrogens with one attached hydrogen (secondary N) is 2. The summed E-state index contributed by atoms with van der Waals surface area (Å²) in [7, 11) is 1.59. The molecular weight excluding hydrogens is 376 g/mol. The lowest BCUT2D eigenvalue weighted by Gasteiger charge is -2.07. The van der Waals surface area contributed by atoms with Gasteiger partial charge in [0.25, 0.3) is 11.8 Å². The van der Waals surface area contributed by atoms with E-state index in [0.29, 0.717) is 18.8 Å². The average Bonchev–Trinajstić information content (AvgIpc) is 3.15. The average molecular weight is 396 g/mol. The molecule has 2 heterocycles. The molecule has 144 valence electrons. The third-order valence-electron chi connectivity index (χ3n) is 3.94. The van der Waals surface area contributed by atoms with Gasteiger partial charge < -0.3 is 15.4 Å². The number of aromatic nitrogens is 2. The fourth-order valence-electron chi connectivity index (χ4n) is 2.50. The molecule has 0 radical (unpaired) electrons. The molecule has 0 aliphatic carbocycles. The highest BCUT2D eigenvalue weighted by Gasteiger charge is 2.13. The van der Waals surface area contributed by atoms with Crippen LogP contribution in [0, 0.1) is 6.92 Å². The largest absolute Gasteiger partial charge is 0.497 e. The Morgan fingerprint density at radius 1 is 1.00 bits per heavy atom. The SMILES string of the molecule is COc1cccc(CNC(=O)c2cc(C(=O)NCc3ccc(C)s3)ncn2)c1. The molecule has 0 aliphatic rings. The van der Waals surface area contributed by atoms with Crippen molar-refractivity contribution in [1.29, 1.82) is 0 Å². The number of nitrogens with zero attached hydrogens (tertiary/aromatic N) is 2. The number of amides is 2. The Morgan fingerprint density at radius 3 is 2.36 bits per heavy atom. The van der Waals surface area contributed by atoms with E-state index in [1.165, 1.54) is 17.3 Å². The van der Waals surface area contributed by atoms with Gasteiger partial charge >= 0.3 is 0 Å². The van der Waals surface area contributed by atoms with Crippen molar-refractivity contribution in [1.82, 2.24) is 20.6 Å². The minimum absolute atomic E-state index is 0.134. The zero-order chi connectivity index (χ0) is 19.9. The third kappa shape index (κ3) is 5.14. The van der Waals surface area contributed by atoms with Crippen LogP contribution in [0.4, 0.5) is 0 Å². The second kappa shape index (κ2) is 9.09. The first-order valence-electron chi connectivity index (χ1n) is 8.62. The predicted molar refractivity (Wildman–Crippen MR) is 106 cm³/mol. The molecule has 0 atom stereocenters. The summed E-state index contributed by atoms with van der Waals surface area (Å²) >= 11 is 1.62. The van der Waals surface area contributed by atoms with Crippen LogP contribution in [0.3, 0.4) is 0 Å². The monoisotopic (exact) mass is 396 g/mol. The highest BCUT2D eigenvalue weighted by atomic mass is 32.1. The number of thiophene rings is 1. The fraction of sp³-hybridized carbons (Fsp3) is 0.200. The maximum absolute atomic E-state index is 12.4. The molecule has 8 heteroatoms. The van der Waals surface area contributed by atoms with Gasteiger partial charge in [-0.2, -0.15) is 0 Å². The molecule has 0 saturated heterocycles. The van der Waals surface area contributed by atoms with Gasteiger partial charge in [0, 0.05) is 22.4 Å². The van der Waals surface area contributed by atoms with E-state index in [9.17, 15) is 9.59 Å². The molecule has 3 rings (SSSR count). The van der Waals surface area contributed by atoms with Gasteiger partial charge in [0.2, 0.25) is 0 Å². The second-order valence-electron chi connectivity index (χ2n) is 6.02. The highest BCUT2D eigenvalue weighted by Crippen LogP contribution is 2.15. The summed E-state index contributed by atoms with van der Waals surface area (Å²) < 4.78 is 5.17. The van der Waals surface area contributed by atoms with Crippen LogP contribution in [0.25, 0.3) is 0 Å². The van der Waals surface area contributed by atoms with Crippen LogP contribution in [0.5, 0.6) is 5.75 Å². The van der Waals surface area contributed by atoms with Gasteiger partial charge in [-0.1, -0.05) is 12.1 Å². The number of carbonyl (C=O) groups is 2. The number of ether oxygens (including phenoxy) is 1. The molecule has 0 bridgehead atoms. The summed E-state index contributed by atoms with van der Waals surface area (Å²) in [6, 6.07) is 12.8. The minimum atomic E-state index is -0.381. The fourth-order valence-corrected chi connectivity index (χ4v) is 3.33. The van der Waals surface area contributed by atoms with Gasteiger partial charge in [-0.25, -0.2) is 9.97 Å². The zero-order valence-corrected chi connectivity index (χ0v) is 16.4. The first kappa shape index (κ1) is 19.5. The van der Waals surface area contributed by atoms with E-state index in [0.717, 1.165) is 10.4 Å². The number of rotatable bonds is 7. The van der Waals surface area contributed by atoms with E-state index in [1.54, 1.807) is 18.4 Å². The molecule has 7 nitrogen and oxygen atoms in total. The molecule has 1 aromatic carbocycles. The maximum atomic E-state index is 12.4. The molecule has 2 amide bonds. The van der Waals surface area contributed by atoms with Crippen LogP contribution < -0.4 is 15.4 Å². The van der Waals surface area contributed by atoms with Gasteiger partial charge in [0.15, 0.2) is 0 Å². The summed E-state index contributed by atoms with van der Waals surface area (Å²) in [6.07, 6.45) is 1.21. The lowest BCUT2D eigenvalue weighted by Crippen LogP contribution is -2.26. The van der Waals surface area contributed by atoms with E-state index in [4.69, 9.17) is 4.74 Å². The number of aryl methyl sites for hydroxylation is 1. The Hall–Kier alpha value is -3.26. The molecular formula is C20H20N4O3S. The minimum Gasteiger partial charge on any atom is -0.497 e. The van der Waals surface area contributed by atoms with Crippen LogP contribution >= 0.6 is 11.3 Å². The summed E-state index contributed by atoms with van der Waals surface area (Å²) in [4.78, 5) is 34.8. The van der Waals surface area contributed by atoms with Crippen LogP contribution in [0.1, 0.15) is 36.3 Å². The normalized spacial score (nSPS) is 10.4. The first-order valence-corrected chi connectivity index (χ1v) is 9.43. The van der Waals surface area contributed by atoms with Crippen LogP contribution in [0.15, 0.2) is 48.8 Å². The predicted octanol–water partition coefficient (Wildman–Crippen LogP) is 2.72. The third-order valence-corrected chi connectivity index (χ3v) is 4.94. The van der Waals surface area contributed by atoms with Crippen molar-refractivity contribution in [2.45, 2.75) is 20.0 Å². The van der Waals surface area contributed by atoms with E-state index in [1.807, 2.05) is 43.3 Å².